The lowest BCUT2D eigenvalue weighted by Crippen LogP contribution is -2.36. The maximum atomic E-state index is 12.7. The summed E-state index contributed by atoms with van der Waals surface area (Å²) in [6, 6.07) is 23.8. The Kier molecular flexibility index (Phi) is 15.0. The summed E-state index contributed by atoms with van der Waals surface area (Å²) in [7, 11) is -10.1. The van der Waals surface area contributed by atoms with Crippen LogP contribution in [0.5, 0.6) is 0 Å². The van der Waals surface area contributed by atoms with Gasteiger partial charge in [0.05, 0.1) is 0 Å². The van der Waals surface area contributed by atoms with Crippen LogP contribution in [0.15, 0.2) is 107 Å². The quantitative estimate of drug-likeness (QED) is 0.0343. The number of para-hydroxylation sites is 2. The van der Waals surface area contributed by atoms with Gasteiger partial charge in [-0.3, -0.25) is 28.3 Å². The zero-order valence-electron chi connectivity index (χ0n) is 34.6. The van der Waals surface area contributed by atoms with E-state index in [4.69, 9.17) is 0 Å². The number of aliphatic carboxylic acids is 4. The molecular formula is C40H36N12O14S2. The van der Waals surface area contributed by atoms with Crippen molar-refractivity contribution in [2.75, 3.05) is 57.2 Å². The van der Waals surface area contributed by atoms with Crippen LogP contribution in [0.2, 0.25) is 0 Å². The van der Waals surface area contributed by atoms with E-state index in [-0.39, 0.29) is 46.3 Å². The second-order valence-electron chi connectivity index (χ2n) is 13.9. The van der Waals surface area contributed by atoms with E-state index in [9.17, 15) is 65.5 Å². The van der Waals surface area contributed by atoms with Crippen LogP contribution < -0.4 is 31.1 Å². The number of aromatic nitrogens is 6. The molecule has 0 saturated carbocycles. The predicted octanol–water partition coefficient (Wildman–Crippen LogP) is 3.65. The van der Waals surface area contributed by atoms with Crippen LogP contribution in [0.1, 0.15) is 11.1 Å². The fourth-order valence-corrected chi connectivity index (χ4v) is 7.39. The average Bonchev–Trinajstić information content (AvgIpc) is 3.25. The van der Waals surface area contributed by atoms with E-state index in [2.05, 4.69) is 51.2 Å². The molecule has 0 fully saturated rings. The molecule has 4 aromatic carbocycles. The molecule has 28 heteroatoms. The zero-order valence-corrected chi connectivity index (χ0v) is 36.2. The molecule has 26 nitrogen and oxygen atoms in total. The second kappa shape index (κ2) is 21.0. The molecule has 0 radical (unpaired) electrons. The highest BCUT2D eigenvalue weighted by molar-refractivity contribution is 7.86. The standard InChI is InChI=1S/C40H36N12O14S2/c53-31(54)19-51(20-32(55)56)39-47-35(41-25-7-3-1-4-8-25)45-37(49-39)43-27-15-13-23(29(17-27)67(61,62)63)11-12-24-14-16-28(18-30(24)68(64,65)66)44-38-46-36(42-26-9-5-2-6-10-26)48-40(50-38)52(21-33(57)58)22-34(59)60/h1-18H,19-22H2,(H,53,54)(H,55,56)(H,57,58)(H,59,60)(H,61,62,63)(H,64,65,66)(H2,41,43,45,47,49)(H2,42,44,46,48,50). The summed E-state index contributed by atoms with van der Waals surface area (Å²) in [5.41, 5.74) is 0.451. The highest BCUT2D eigenvalue weighted by atomic mass is 32.2. The molecule has 0 aliphatic heterocycles. The number of benzene rings is 4. The summed E-state index contributed by atoms with van der Waals surface area (Å²) in [6.07, 6.45) is 2.23. The Bertz CT molecular complexity index is 2890. The van der Waals surface area contributed by atoms with Gasteiger partial charge < -0.3 is 51.5 Å². The van der Waals surface area contributed by atoms with Gasteiger partial charge in [-0.15, -0.1) is 0 Å². The first-order valence-corrected chi connectivity index (χ1v) is 22.0. The zero-order chi connectivity index (χ0) is 49.2. The minimum absolute atomic E-state index is 0.0627. The summed E-state index contributed by atoms with van der Waals surface area (Å²) in [5, 5.41) is 49.0. The number of anilines is 10. The van der Waals surface area contributed by atoms with E-state index in [1.165, 1.54) is 24.3 Å². The molecule has 0 saturated heterocycles. The fraction of sp³-hybridized carbons (Fsp3) is 0.100. The van der Waals surface area contributed by atoms with Crippen molar-refractivity contribution < 1.29 is 65.5 Å². The predicted molar refractivity (Wildman–Crippen MR) is 242 cm³/mol. The van der Waals surface area contributed by atoms with Crippen molar-refractivity contribution in [2.45, 2.75) is 9.79 Å². The Morgan fingerprint density at radius 3 is 1.01 bits per heavy atom. The second-order valence-corrected chi connectivity index (χ2v) is 16.7. The highest BCUT2D eigenvalue weighted by Crippen LogP contribution is 2.29. The van der Waals surface area contributed by atoms with Gasteiger partial charge in [-0.25, -0.2) is 0 Å². The molecular weight excluding hydrogens is 937 g/mol. The third kappa shape index (κ3) is 13.8. The summed E-state index contributed by atoms with van der Waals surface area (Å²) >= 11 is 0. The lowest BCUT2D eigenvalue weighted by atomic mass is 10.1. The topological polar surface area (TPSA) is 390 Å². The van der Waals surface area contributed by atoms with Crippen molar-refractivity contribution in [2.24, 2.45) is 0 Å². The molecule has 0 spiro atoms. The Morgan fingerprint density at radius 1 is 0.441 bits per heavy atom. The summed E-state index contributed by atoms with van der Waals surface area (Å²) in [4.78, 5) is 71.7. The number of rotatable bonds is 22. The Morgan fingerprint density at radius 2 is 0.735 bits per heavy atom. The molecule has 2 heterocycles. The van der Waals surface area contributed by atoms with Gasteiger partial charge in [-0.05, 0) is 59.7 Å². The summed E-state index contributed by atoms with van der Waals surface area (Å²) < 4.78 is 71.4. The molecule has 0 amide bonds. The van der Waals surface area contributed by atoms with Crippen molar-refractivity contribution in [1.82, 2.24) is 29.9 Å². The van der Waals surface area contributed by atoms with Crippen LogP contribution in [0.4, 0.5) is 58.4 Å². The van der Waals surface area contributed by atoms with E-state index in [0.717, 1.165) is 34.1 Å². The van der Waals surface area contributed by atoms with Crippen LogP contribution in [0.25, 0.3) is 12.2 Å². The van der Waals surface area contributed by atoms with E-state index >= 15 is 0 Å². The molecule has 6 rings (SSSR count). The number of nitrogens with zero attached hydrogens (tertiary/aromatic N) is 8. The SMILES string of the molecule is O=C(O)CN(CC(=O)O)c1nc(Nc2ccccc2)nc(Nc2ccc(C=Cc3ccc(Nc4nc(Nc5ccccc5)nc(N(CC(=O)O)CC(=O)O)n4)cc3S(=O)(=O)O)c(S(=O)(=O)O)c2)n1. The molecule has 0 aliphatic rings. The monoisotopic (exact) mass is 972 g/mol. The van der Waals surface area contributed by atoms with Crippen LogP contribution >= 0.6 is 0 Å². The number of nitrogens with one attached hydrogen (secondary N) is 4. The van der Waals surface area contributed by atoms with Gasteiger partial charge in [0.2, 0.25) is 35.7 Å². The van der Waals surface area contributed by atoms with Gasteiger partial charge in [0, 0.05) is 22.7 Å². The van der Waals surface area contributed by atoms with E-state index < -0.39 is 92.0 Å². The number of carboxylic acid groups (broad SMARTS) is 4. The molecule has 0 aliphatic carbocycles. The Labute approximate surface area is 384 Å². The molecule has 6 aromatic rings. The van der Waals surface area contributed by atoms with Gasteiger partial charge >= 0.3 is 23.9 Å². The van der Waals surface area contributed by atoms with Gasteiger partial charge in [-0.2, -0.15) is 46.7 Å². The van der Waals surface area contributed by atoms with E-state index in [1.807, 2.05) is 0 Å². The molecule has 0 unspecified atom stereocenters. The van der Waals surface area contributed by atoms with Gasteiger partial charge in [0.1, 0.15) is 36.0 Å². The van der Waals surface area contributed by atoms with Crippen molar-refractivity contribution in [3.8, 4) is 0 Å². The first kappa shape index (κ1) is 48.6. The first-order valence-electron chi connectivity index (χ1n) is 19.2. The molecule has 0 atom stereocenters. The van der Waals surface area contributed by atoms with Crippen molar-refractivity contribution in [1.29, 1.82) is 0 Å². The highest BCUT2D eigenvalue weighted by Gasteiger charge is 2.23. The van der Waals surface area contributed by atoms with Crippen LogP contribution in [-0.2, 0) is 39.4 Å². The number of carboxylic acids is 4. The normalized spacial score (nSPS) is 11.4. The van der Waals surface area contributed by atoms with E-state index in [1.54, 1.807) is 60.7 Å². The number of hydrogen-bond acceptors (Lipinski definition) is 20. The smallest absolute Gasteiger partial charge is 0.323 e. The third-order valence-corrected chi connectivity index (χ3v) is 10.5. The lowest BCUT2D eigenvalue weighted by Gasteiger charge is -2.20. The van der Waals surface area contributed by atoms with E-state index in [0.29, 0.717) is 11.4 Å². The minimum atomic E-state index is -5.04. The van der Waals surface area contributed by atoms with Gasteiger partial charge in [0.15, 0.2) is 0 Å². The average molecular weight is 973 g/mol. The van der Waals surface area contributed by atoms with Crippen molar-refractivity contribution >= 4 is 115 Å². The minimum Gasteiger partial charge on any atom is -0.480 e. The maximum absolute atomic E-state index is 12.7. The molecule has 2 aromatic heterocycles. The molecule has 68 heavy (non-hydrogen) atoms. The fourth-order valence-electron chi connectivity index (χ4n) is 5.97. The first-order chi connectivity index (χ1) is 32.2. The van der Waals surface area contributed by atoms with Crippen LogP contribution in [0, 0.1) is 0 Å². The third-order valence-electron chi connectivity index (χ3n) is 8.71. The summed E-state index contributed by atoms with van der Waals surface area (Å²) in [5.74, 6) is -7.38. The molecule has 10 N–H and O–H groups in total. The maximum Gasteiger partial charge on any atom is 0.323 e. The summed E-state index contributed by atoms with van der Waals surface area (Å²) in [6.45, 7) is -3.31. The van der Waals surface area contributed by atoms with Crippen molar-refractivity contribution in [3.05, 3.63) is 108 Å². The van der Waals surface area contributed by atoms with Gasteiger partial charge in [-0.1, -0.05) is 60.7 Å². The lowest BCUT2D eigenvalue weighted by molar-refractivity contribution is -0.138. The number of hydrogen-bond donors (Lipinski definition) is 10. The largest absolute Gasteiger partial charge is 0.480 e. The number of carbonyl (C=O) groups is 4. The Balaban J connectivity index is 1.33. The Hall–Kier alpha value is -8.86. The van der Waals surface area contributed by atoms with Crippen LogP contribution in [-0.4, -0.2) is 126 Å². The molecule has 0 bridgehead atoms. The van der Waals surface area contributed by atoms with Crippen LogP contribution in [0.3, 0.4) is 0 Å². The molecule has 352 valence electrons. The van der Waals surface area contributed by atoms with Gasteiger partial charge in [0.25, 0.3) is 20.2 Å². The van der Waals surface area contributed by atoms with Crippen molar-refractivity contribution in [3.63, 3.8) is 0 Å².